The number of esters is 1. The fraction of sp³-hybridized carbons (Fsp3) is 0.900. The molecule has 0 aromatic heterocycles. The Labute approximate surface area is 90.8 Å². The van der Waals surface area contributed by atoms with E-state index >= 15 is 0 Å². The summed E-state index contributed by atoms with van der Waals surface area (Å²) >= 11 is 0. The summed E-state index contributed by atoms with van der Waals surface area (Å²) in [6.07, 6.45) is 3.52. The summed E-state index contributed by atoms with van der Waals surface area (Å²) in [5.74, 6) is 1.03. The van der Waals surface area contributed by atoms with Crippen molar-refractivity contribution in [2.75, 3.05) is 6.61 Å². The molecule has 0 aliphatic heterocycles. The van der Waals surface area contributed by atoms with E-state index in [0.29, 0.717) is 18.4 Å². The van der Waals surface area contributed by atoms with E-state index in [4.69, 9.17) is 10.5 Å². The van der Waals surface area contributed by atoms with Crippen molar-refractivity contribution >= 4 is 18.4 Å². The van der Waals surface area contributed by atoms with Gasteiger partial charge in [-0.3, -0.25) is 4.79 Å². The van der Waals surface area contributed by atoms with Crippen LogP contribution in [0.4, 0.5) is 0 Å². The molecule has 82 valence electrons. The van der Waals surface area contributed by atoms with Crippen LogP contribution in [0.3, 0.4) is 0 Å². The minimum atomic E-state index is -0.0674. The number of carbonyl (C=O) groups is 1. The zero-order chi connectivity index (χ0) is 9.42. The third kappa shape index (κ3) is 1.75. The predicted molar refractivity (Wildman–Crippen MR) is 56.2 cm³/mol. The summed E-state index contributed by atoms with van der Waals surface area (Å²) < 4.78 is 5.03. The van der Waals surface area contributed by atoms with E-state index in [2.05, 4.69) is 0 Å². The van der Waals surface area contributed by atoms with E-state index in [1.54, 1.807) is 0 Å². The summed E-state index contributed by atoms with van der Waals surface area (Å²) in [5.41, 5.74) is 5.99. The molecule has 0 heterocycles. The monoisotopic (exact) mass is 219 g/mol. The van der Waals surface area contributed by atoms with Gasteiger partial charge < -0.3 is 10.5 Å². The topological polar surface area (TPSA) is 52.3 Å². The Hall–Kier alpha value is -0.280. The largest absolute Gasteiger partial charge is 0.466 e. The lowest BCUT2D eigenvalue weighted by atomic mass is 9.85. The highest BCUT2D eigenvalue weighted by atomic mass is 35.5. The molecule has 14 heavy (non-hydrogen) atoms. The first-order valence-electron chi connectivity index (χ1n) is 5.16. The third-order valence-electron chi connectivity index (χ3n) is 3.54. The van der Waals surface area contributed by atoms with E-state index in [-0.39, 0.29) is 30.3 Å². The second kappa shape index (κ2) is 4.49. The average Bonchev–Trinajstić information content (AvgIpc) is 2.63. The van der Waals surface area contributed by atoms with Crippen molar-refractivity contribution in [3.63, 3.8) is 0 Å². The van der Waals surface area contributed by atoms with Crippen LogP contribution in [0.5, 0.6) is 0 Å². The van der Waals surface area contributed by atoms with Crippen molar-refractivity contribution < 1.29 is 9.53 Å². The summed E-state index contributed by atoms with van der Waals surface area (Å²) in [5, 5.41) is 0. The zero-order valence-corrected chi connectivity index (χ0v) is 9.26. The number of rotatable bonds is 2. The van der Waals surface area contributed by atoms with Gasteiger partial charge in [-0.15, -0.1) is 12.4 Å². The molecular weight excluding hydrogens is 202 g/mol. The normalized spacial score (nSPS) is 39.3. The van der Waals surface area contributed by atoms with Gasteiger partial charge >= 0.3 is 5.97 Å². The Kier molecular flexibility index (Phi) is 3.78. The van der Waals surface area contributed by atoms with Crippen LogP contribution in [0.1, 0.15) is 26.2 Å². The fourth-order valence-electron chi connectivity index (χ4n) is 2.92. The Balaban J connectivity index is 0.000000980. The number of fused-ring (bicyclic) bond motifs is 2. The number of carbonyl (C=O) groups excluding carboxylic acids is 1. The predicted octanol–water partition coefficient (Wildman–Crippen LogP) is 1.34. The summed E-state index contributed by atoms with van der Waals surface area (Å²) in [4.78, 5) is 11.5. The van der Waals surface area contributed by atoms with Crippen molar-refractivity contribution in [2.24, 2.45) is 23.5 Å². The fourth-order valence-corrected chi connectivity index (χ4v) is 2.92. The molecule has 0 aromatic carbocycles. The molecule has 2 bridgehead atoms. The molecule has 0 unspecified atom stereocenters. The van der Waals surface area contributed by atoms with Crippen molar-refractivity contribution in [1.29, 1.82) is 0 Å². The van der Waals surface area contributed by atoms with Gasteiger partial charge in [-0.2, -0.15) is 0 Å². The maximum atomic E-state index is 11.5. The molecule has 2 N–H and O–H groups in total. The lowest BCUT2D eigenvalue weighted by Crippen LogP contribution is -2.41. The van der Waals surface area contributed by atoms with Crippen LogP contribution in [0.25, 0.3) is 0 Å². The molecule has 2 fully saturated rings. The van der Waals surface area contributed by atoms with Crippen molar-refractivity contribution in [2.45, 2.75) is 32.2 Å². The summed E-state index contributed by atoms with van der Waals surface area (Å²) in [6.45, 7) is 2.32. The Bertz CT molecular complexity index is 220. The number of hydrogen-bond acceptors (Lipinski definition) is 3. The molecule has 2 aliphatic carbocycles. The van der Waals surface area contributed by atoms with Crippen molar-refractivity contribution in [3.8, 4) is 0 Å². The van der Waals surface area contributed by atoms with E-state index in [1.165, 1.54) is 12.8 Å². The van der Waals surface area contributed by atoms with E-state index < -0.39 is 0 Å². The second-order valence-corrected chi connectivity index (χ2v) is 4.19. The first kappa shape index (κ1) is 11.8. The molecule has 0 saturated heterocycles. The first-order valence-corrected chi connectivity index (χ1v) is 5.16. The minimum absolute atomic E-state index is 0. The number of halogens is 1. The minimum Gasteiger partial charge on any atom is -0.466 e. The van der Waals surface area contributed by atoms with Crippen LogP contribution < -0.4 is 5.73 Å². The highest BCUT2D eigenvalue weighted by Gasteiger charge is 2.49. The quantitative estimate of drug-likeness (QED) is 0.714. The van der Waals surface area contributed by atoms with Gasteiger partial charge in [0.1, 0.15) is 0 Å². The van der Waals surface area contributed by atoms with Crippen LogP contribution >= 0.6 is 12.4 Å². The van der Waals surface area contributed by atoms with Crippen LogP contribution in [0, 0.1) is 17.8 Å². The smallest absolute Gasteiger partial charge is 0.310 e. The molecule has 0 radical (unpaired) electrons. The molecule has 2 saturated carbocycles. The van der Waals surface area contributed by atoms with Crippen LogP contribution in [-0.2, 0) is 9.53 Å². The Morgan fingerprint density at radius 2 is 2.07 bits per heavy atom. The molecular formula is C10H18ClNO2. The van der Waals surface area contributed by atoms with Gasteiger partial charge in [0.2, 0.25) is 0 Å². The lowest BCUT2D eigenvalue weighted by molar-refractivity contribution is -0.150. The van der Waals surface area contributed by atoms with Crippen LogP contribution in [0.15, 0.2) is 0 Å². The van der Waals surface area contributed by atoms with Gasteiger partial charge in [-0.05, 0) is 38.0 Å². The van der Waals surface area contributed by atoms with Gasteiger partial charge in [0.15, 0.2) is 0 Å². The molecule has 0 spiro atoms. The molecule has 4 heteroatoms. The highest BCUT2D eigenvalue weighted by Crippen LogP contribution is 2.47. The number of ether oxygens (including phenoxy) is 1. The first-order chi connectivity index (χ1) is 6.24. The third-order valence-corrected chi connectivity index (χ3v) is 3.54. The maximum absolute atomic E-state index is 11.5. The summed E-state index contributed by atoms with van der Waals surface area (Å²) in [7, 11) is 0. The molecule has 0 amide bonds. The molecule has 3 nitrogen and oxygen atoms in total. The zero-order valence-electron chi connectivity index (χ0n) is 8.44. The Morgan fingerprint density at radius 1 is 1.43 bits per heavy atom. The SMILES string of the molecule is CCOC(=O)[C@@H]1[C@H]2CC[C@H](C2)[C@H]1N.Cl. The summed E-state index contributed by atoms with van der Waals surface area (Å²) in [6, 6.07) is 0.0674. The average molecular weight is 220 g/mol. The van der Waals surface area contributed by atoms with E-state index in [0.717, 1.165) is 6.42 Å². The molecule has 2 aliphatic rings. The second-order valence-electron chi connectivity index (χ2n) is 4.19. The molecule has 0 aromatic rings. The van der Waals surface area contributed by atoms with E-state index in [9.17, 15) is 4.79 Å². The Morgan fingerprint density at radius 3 is 2.57 bits per heavy atom. The van der Waals surface area contributed by atoms with Gasteiger partial charge in [-0.25, -0.2) is 0 Å². The van der Waals surface area contributed by atoms with Gasteiger partial charge in [0, 0.05) is 6.04 Å². The van der Waals surface area contributed by atoms with Crippen molar-refractivity contribution in [3.05, 3.63) is 0 Å². The molecule has 2 rings (SSSR count). The van der Waals surface area contributed by atoms with Crippen LogP contribution in [-0.4, -0.2) is 18.6 Å². The van der Waals surface area contributed by atoms with Gasteiger partial charge in [-0.1, -0.05) is 0 Å². The number of nitrogens with two attached hydrogens (primary N) is 1. The highest BCUT2D eigenvalue weighted by molar-refractivity contribution is 5.85. The van der Waals surface area contributed by atoms with E-state index in [1.807, 2.05) is 6.92 Å². The van der Waals surface area contributed by atoms with Crippen LogP contribution in [0.2, 0.25) is 0 Å². The number of hydrogen-bond donors (Lipinski definition) is 1. The maximum Gasteiger partial charge on any atom is 0.310 e. The molecule has 4 atom stereocenters. The van der Waals surface area contributed by atoms with Gasteiger partial charge in [0.05, 0.1) is 12.5 Å². The standard InChI is InChI=1S/C10H17NO2.ClH/c1-2-13-10(12)8-6-3-4-7(5-6)9(8)11;/h6-9H,2-5,11H2,1H3;1H/t6-,7+,8+,9+;/m0./s1. The van der Waals surface area contributed by atoms with Crippen molar-refractivity contribution in [1.82, 2.24) is 0 Å². The van der Waals surface area contributed by atoms with Gasteiger partial charge in [0.25, 0.3) is 0 Å². The lowest BCUT2D eigenvalue weighted by Gasteiger charge is -2.25.